The van der Waals surface area contributed by atoms with Gasteiger partial charge in [-0.15, -0.1) is 0 Å². The van der Waals surface area contributed by atoms with Crippen LogP contribution in [0.5, 0.6) is 0 Å². The lowest BCUT2D eigenvalue weighted by atomic mass is 10.1. The highest BCUT2D eigenvalue weighted by atomic mass is 16.5. The Hall–Kier alpha value is -1.74. The van der Waals surface area contributed by atoms with Gasteiger partial charge in [-0.2, -0.15) is 0 Å². The van der Waals surface area contributed by atoms with Gasteiger partial charge in [-0.25, -0.2) is 0 Å². The molecular weight excluding hydrogens is 212 g/mol. The highest BCUT2D eigenvalue weighted by Gasteiger charge is 2.29. The molecule has 0 radical (unpaired) electrons. The van der Waals surface area contributed by atoms with Crippen molar-refractivity contribution in [3.05, 3.63) is 53.5 Å². The summed E-state index contributed by atoms with van der Waals surface area (Å²) in [7, 11) is 0. The van der Waals surface area contributed by atoms with Crippen molar-refractivity contribution in [2.45, 2.75) is 13.0 Å². The van der Waals surface area contributed by atoms with Crippen molar-refractivity contribution < 1.29 is 4.74 Å². The van der Waals surface area contributed by atoms with Gasteiger partial charge in [-0.05, 0) is 24.1 Å². The van der Waals surface area contributed by atoms with Gasteiger partial charge < -0.3 is 15.0 Å². The molecule has 0 saturated carbocycles. The summed E-state index contributed by atoms with van der Waals surface area (Å²) in [4.78, 5) is 2.19. The maximum absolute atomic E-state index is 5.88. The second kappa shape index (κ2) is 4.26. The quantitative estimate of drug-likeness (QED) is 0.860. The second-order valence-corrected chi connectivity index (χ2v) is 4.18. The normalized spacial score (nSPS) is 21.4. The topological polar surface area (TPSA) is 24.5 Å². The minimum atomic E-state index is 0.0701. The van der Waals surface area contributed by atoms with E-state index < -0.39 is 0 Å². The molecule has 1 aromatic carbocycles. The lowest BCUT2D eigenvalue weighted by Crippen LogP contribution is -2.23. The molecule has 3 rings (SSSR count). The minimum Gasteiger partial charge on any atom is -0.372 e. The van der Waals surface area contributed by atoms with E-state index in [0.717, 1.165) is 13.3 Å². The predicted molar refractivity (Wildman–Crippen MR) is 67.8 cm³/mol. The Balaban J connectivity index is 1.96. The summed E-state index contributed by atoms with van der Waals surface area (Å²) in [6.07, 6.45) is 6.31. The zero-order valence-electron chi connectivity index (χ0n) is 9.89. The molecule has 3 heteroatoms. The first-order valence-corrected chi connectivity index (χ1v) is 5.99. The third-order valence-electron chi connectivity index (χ3n) is 3.15. The monoisotopic (exact) mass is 228 g/mol. The lowest BCUT2D eigenvalue weighted by Gasteiger charge is -2.23. The zero-order chi connectivity index (χ0) is 11.7. The number of nitrogens with zero attached hydrogens (tertiary/aromatic N) is 1. The summed E-state index contributed by atoms with van der Waals surface area (Å²) < 4.78 is 5.88. The molecule has 0 bridgehead atoms. The van der Waals surface area contributed by atoms with E-state index in [1.807, 2.05) is 13.1 Å². The molecule has 0 spiro atoms. The van der Waals surface area contributed by atoms with Gasteiger partial charge in [0, 0.05) is 19.0 Å². The molecule has 1 unspecified atom stereocenters. The Morgan fingerprint density at radius 1 is 1.41 bits per heavy atom. The van der Waals surface area contributed by atoms with Crippen molar-refractivity contribution in [2.24, 2.45) is 0 Å². The molecule has 0 saturated heterocycles. The first-order chi connectivity index (χ1) is 8.40. The van der Waals surface area contributed by atoms with Crippen LogP contribution in [0.1, 0.15) is 24.2 Å². The molecular formula is C14H16N2O. The van der Waals surface area contributed by atoms with Gasteiger partial charge in [0.15, 0.2) is 0 Å². The maximum atomic E-state index is 5.88. The van der Waals surface area contributed by atoms with E-state index in [4.69, 9.17) is 4.74 Å². The van der Waals surface area contributed by atoms with Crippen molar-refractivity contribution in [2.75, 3.05) is 13.3 Å². The molecule has 88 valence electrons. The second-order valence-electron chi connectivity index (χ2n) is 4.18. The van der Waals surface area contributed by atoms with Gasteiger partial charge in [0.25, 0.3) is 0 Å². The van der Waals surface area contributed by atoms with E-state index in [-0.39, 0.29) is 6.10 Å². The number of rotatable bonds is 3. The SMILES string of the molecule is CCOC1C(N2C=CNC2)=Cc2ccccc21. The van der Waals surface area contributed by atoms with Crippen molar-refractivity contribution in [1.82, 2.24) is 10.2 Å². The molecule has 1 N–H and O–H groups in total. The standard InChI is InChI=1S/C14H16N2O/c1-2-17-14-12-6-4-3-5-11(12)9-13(14)16-8-7-15-10-16/h3-9,14-15H,2,10H2,1H3. The molecule has 0 amide bonds. The summed E-state index contributed by atoms with van der Waals surface area (Å²) >= 11 is 0. The van der Waals surface area contributed by atoms with Crippen LogP contribution in [0, 0.1) is 0 Å². The van der Waals surface area contributed by atoms with Crippen LogP contribution in [0.4, 0.5) is 0 Å². The summed E-state index contributed by atoms with van der Waals surface area (Å²) in [6.45, 7) is 3.58. The van der Waals surface area contributed by atoms with E-state index in [1.165, 1.54) is 16.8 Å². The Morgan fingerprint density at radius 2 is 2.29 bits per heavy atom. The number of ether oxygens (including phenoxy) is 1. The van der Waals surface area contributed by atoms with E-state index in [2.05, 4.69) is 46.8 Å². The summed E-state index contributed by atoms with van der Waals surface area (Å²) in [5, 5.41) is 3.19. The van der Waals surface area contributed by atoms with E-state index in [0.29, 0.717) is 0 Å². The molecule has 1 aliphatic heterocycles. The van der Waals surface area contributed by atoms with Crippen LogP contribution in [0.15, 0.2) is 42.4 Å². The zero-order valence-corrected chi connectivity index (χ0v) is 9.89. The van der Waals surface area contributed by atoms with Crippen molar-refractivity contribution in [3.63, 3.8) is 0 Å². The lowest BCUT2D eigenvalue weighted by molar-refractivity contribution is 0.0754. The molecule has 1 aromatic rings. The van der Waals surface area contributed by atoms with Crippen molar-refractivity contribution in [1.29, 1.82) is 0 Å². The van der Waals surface area contributed by atoms with Crippen LogP contribution in [0.3, 0.4) is 0 Å². The molecule has 0 aromatic heterocycles. The molecule has 1 heterocycles. The summed E-state index contributed by atoms with van der Waals surface area (Å²) in [5.74, 6) is 0. The molecule has 2 aliphatic rings. The van der Waals surface area contributed by atoms with Crippen LogP contribution in [0.25, 0.3) is 6.08 Å². The number of benzene rings is 1. The van der Waals surface area contributed by atoms with Crippen LogP contribution in [0.2, 0.25) is 0 Å². The fraction of sp³-hybridized carbons (Fsp3) is 0.286. The van der Waals surface area contributed by atoms with Gasteiger partial charge in [0.05, 0.1) is 12.4 Å². The largest absolute Gasteiger partial charge is 0.372 e. The van der Waals surface area contributed by atoms with Crippen LogP contribution in [-0.4, -0.2) is 18.2 Å². The number of hydrogen-bond donors (Lipinski definition) is 1. The highest BCUT2D eigenvalue weighted by Crippen LogP contribution is 2.38. The van der Waals surface area contributed by atoms with E-state index in [1.54, 1.807) is 0 Å². The Labute approximate surface area is 101 Å². The minimum absolute atomic E-state index is 0.0701. The fourth-order valence-electron chi connectivity index (χ4n) is 2.37. The van der Waals surface area contributed by atoms with Crippen LogP contribution in [-0.2, 0) is 4.74 Å². The van der Waals surface area contributed by atoms with E-state index in [9.17, 15) is 0 Å². The van der Waals surface area contributed by atoms with Gasteiger partial charge in [0.2, 0.25) is 0 Å². The van der Waals surface area contributed by atoms with Crippen molar-refractivity contribution in [3.8, 4) is 0 Å². The molecule has 1 aliphatic carbocycles. The molecule has 3 nitrogen and oxygen atoms in total. The third kappa shape index (κ3) is 1.72. The molecule has 1 atom stereocenters. The maximum Gasteiger partial charge on any atom is 0.123 e. The number of fused-ring (bicyclic) bond motifs is 1. The smallest absolute Gasteiger partial charge is 0.123 e. The van der Waals surface area contributed by atoms with Gasteiger partial charge in [-0.3, -0.25) is 0 Å². The summed E-state index contributed by atoms with van der Waals surface area (Å²) in [6, 6.07) is 8.42. The Bertz CT molecular complexity index is 479. The predicted octanol–water partition coefficient (Wildman–Crippen LogP) is 2.45. The first-order valence-electron chi connectivity index (χ1n) is 5.99. The molecule has 0 fully saturated rings. The average molecular weight is 228 g/mol. The van der Waals surface area contributed by atoms with Gasteiger partial charge in [-0.1, -0.05) is 24.3 Å². The number of hydrogen-bond acceptors (Lipinski definition) is 3. The fourth-order valence-corrected chi connectivity index (χ4v) is 2.37. The summed E-state index contributed by atoms with van der Waals surface area (Å²) in [5.41, 5.74) is 3.75. The first kappa shape index (κ1) is 10.4. The van der Waals surface area contributed by atoms with Gasteiger partial charge in [0.1, 0.15) is 6.10 Å². The van der Waals surface area contributed by atoms with Gasteiger partial charge >= 0.3 is 0 Å². The number of nitrogens with one attached hydrogen (secondary N) is 1. The van der Waals surface area contributed by atoms with Crippen LogP contribution >= 0.6 is 0 Å². The van der Waals surface area contributed by atoms with Crippen LogP contribution < -0.4 is 5.32 Å². The Morgan fingerprint density at radius 3 is 3.06 bits per heavy atom. The Kier molecular flexibility index (Phi) is 2.61. The highest BCUT2D eigenvalue weighted by molar-refractivity contribution is 5.65. The van der Waals surface area contributed by atoms with Crippen molar-refractivity contribution >= 4 is 6.08 Å². The average Bonchev–Trinajstić information content (AvgIpc) is 2.97. The molecule has 17 heavy (non-hydrogen) atoms. The van der Waals surface area contributed by atoms with E-state index >= 15 is 0 Å². The third-order valence-corrected chi connectivity index (χ3v) is 3.15.